The van der Waals surface area contributed by atoms with Crippen LogP contribution in [0.3, 0.4) is 0 Å². The highest BCUT2D eigenvalue weighted by Crippen LogP contribution is 2.35. The third-order valence-corrected chi connectivity index (χ3v) is 4.75. The molecule has 140 valence electrons. The zero-order valence-corrected chi connectivity index (χ0v) is 14.6. The fourth-order valence-corrected chi connectivity index (χ4v) is 3.55. The number of urea groups is 1. The van der Waals surface area contributed by atoms with Gasteiger partial charge in [-0.05, 0) is 25.0 Å². The van der Waals surface area contributed by atoms with E-state index in [-0.39, 0.29) is 11.4 Å². The first kappa shape index (κ1) is 18.1. The number of nitrogens with zero attached hydrogens (tertiary/aromatic N) is 2. The van der Waals surface area contributed by atoms with E-state index in [1.54, 1.807) is 0 Å². The molecule has 3 rings (SSSR count). The summed E-state index contributed by atoms with van der Waals surface area (Å²) in [5.74, 6) is -2.79. The van der Waals surface area contributed by atoms with Gasteiger partial charge in [-0.1, -0.05) is 12.8 Å². The van der Waals surface area contributed by atoms with Gasteiger partial charge in [0.25, 0.3) is 5.91 Å². The van der Waals surface area contributed by atoms with Gasteiger partial charge in [-0.15, -0.1) is 0 Å². The highest BCUT2D eigenvalue weighted by Gasteiger charge is 2.52. The highest BCUT2D eigenvalue weighted by molar-refractivity contribution is 6.10. The average molecular weight is 366 g/mol. The largest absolute Gasteiger partial charge is 0.373 e. The third kappa shape index (κ3) is 3.09. The first-order valence-electron chi connectivity index (χ1n) is 8.34. The van der Waals surface area contributed by atoms with E-state index in [4.69, 9.17) is 0 Å². The van der Waals surface area contributed by atoms with Crippen LogP contribution in [0.15, 0.2) is 12.1 Å². The van der Waals surface area contributed by atoms with Gasteiger partial charge in [0.2, 0.25) is 5.91 Å². The van der Waals surface area contributed by atoms with Crippen LogP contribution in [-0.2, 0) is 9.59 Å². The smallest absolute Gasteiger partial charge is 0.325 e. The Morgan fingerprint density at radius 2 is 1.81 bits per heavy atom. The lowest BCUT2D eigenvalue weighted by Crippen LogP contribution is -2.44. The minimum atomic E-state index is -0.900. The van der Waals surface area contributed by atoms with E-state index in [1.165, 1.54) is 19.0 Å². The minimum absolute atomic E-state index is 0.0850. The maximum absolute atomic E-state index is 14.0. The number of hydrogen-bond acceptors (Lipinski definition) is 4. The molecular weight excluding hydrogens is 346 g/mol. The van der Waals surface area contributed by atoms with Gasteiger partial charge >= 0.3 is 6.03 Å². The molecule has 9 heteroatoms. The standard InChI is InChI=1S/C17H20F2N4O3/c1-22(2)14-11(18)7-10(8-12(14)19)20-13(24)9-23-15(25)17(21-16(23)26)5-3-4-6-17/h7-8H,3-6,9H2,1-2H3,(H,20,24)(H,21,26). The molecule has 1 aromatic carbocycles. The van der Waals surface area contributed by atoms with E-state index < -0.39 is 41.6 Å². The molecule has 0 atom stereocenters. The number of imide groups is 1. The number of hydrogen-bond donors (Lipinski definition) is 2. The molecular formula is C17H20F2N4O3. The number of carbonyl (C=O) groups excluding carboxylic acids is 3. The summed E-state index contributed by atoms with van der Waals surface area (Å²) in [7, 11) is 2.99. The lowest BCUT2D eigenvalue weighted by atomic mass is 9.98. The molecule has 2 N–H and O–H groups in total. The van der Waals surface area contributed by atoms with E-state index in [0.717, 1.165) is 29.9 Å². The van der Waals surface area contributed by atoms with Gasteiger partial charge < -0.3 is 15.5 Å². The lowest BCUT2D eigenvalue weighted by Gasteiger charge is -2.20. The van der Waals surface area contributed by atoms with E-state index >= 15 is 0 Å². The molecule has 2 fully saturated rings. The Morgan fingerprint density at radius 3 is 2.35 bits per heavy atom. The molecule has 7 nitrogen and oxygen atoms in total. The van der Waals surface area contributed by atoms with Crippen LogP contribution in [0.1, 0.15) is 25.7 Å². The van der Waals surface area contributed by atoms with Crippen molar-refractivity contribution in [3.8, 4) is 0 Å². The molecule has 1 spiro atoms. The molecule has 1 saturated carbocycles. The highest BCUT2D eigenvalue weighted by atomic mass is 19.1. The molecule has 1 aliphatic heterocycles. The Kier molecular flexibility index (Phi) is 4.55. The second-order valence-corrected chi connectivity index (χ2v) is 6.84. The van der Waals surface area contributed by atoms with Crippen LogP contribution in [0, 0.1) is 11.6 Å². The van der Waals surface area contributed by atoms with Gasteiger partial charge in [0.1, 0.15) is 17.8 Å². The number of nitrogens with one attached hydrogen (secondary N) is 2. The SMILES string of the molecule is CN(C)c1c(F)cc(NC(=O)CN2C(=O)NC3(CCCC3)C2=O)cc1F. The van der Waals surface area contributed by atoms with Gasteiger partial charge in [0.15, 0.2) is 11.6 Å². The van der Waals surface area contributed by atoms with Crippen LogP contribution in [0.25, 0.3) is 0 Å². The Bertz CT molecular complexity index is 752. The molecule has 0 unspecified atom stereocenters. The van der Waals surface area contributed by atoms with Crippen molar-refractivity contribution in [3.05, 3.63) is 23.8 Å². The van der Waals surface area contributed by atoms with Crippen molar-refractivity contribution in [2.24, 2.45) is 0 Å². The molecule has 26 heavy (non-hydrogen) atoms. The second kappa shape index (κ2) is 6.54. The molecule has 1 saturated heterocycles. The molecule has 2 aliphatic rings. The van der Waals surface area contributed by atoms with E-state index in [0.29, 0.717) is 12.8 Å². The summed E-state index contributed by atoms with van der Waals surface area (Å²) in [4.78, 5) is 38.8. The van der Waals surface area contributed by atoms with Gasteiger partial charge in [0, 0.05) is 19.8 Å². The first-order valence-corrected chi connectivity index (χ1v) is 8.34. The number of anilines is 2. The van der Waals surface area contributed by atoms with Crippen LogP contribution in [-0.4, -0.2) is 48.9 Å². The summed E-state index contributed by atoms with van der Waals surface area (Å²) in [5.41, 5.74) is -1.21. The summed E-state index contributed by atoms with van der Waals surface area (Å²) in [6.07, 6.45) is 2.78. The summed E-state index contributed by atoms with van der Waals surface area (Å²) < 4.78 is 28.0. The van der Waals surface area contributed by atoms with Crippen LogP contribution in [0.5, 0.6) is 0 Å². The van der Waals surface area contributed by atoms with E-state index in [2.05, 4.69) is 10.6 Å². The molecule has 4 amide bonds. The topological polar surface area (TPSA) is 81.8 Å². The van der Waals surface area contributed by atoms with Crippen molar-refractivity contribution < 1.29 is 23.2 Å². The Hall–Kier alpha value is -2.71. The van der Waals surface area contributed by atoms with E-state index in [1.807, 2.05) is 0 Å². The number of rotatable bonds is 4. The normalized spacial score (nSPS) is 18.4. The van der Waals surface area contributed by atoms with Crippen molar-refractivity contribution >= 4 is 29.2 Å². The number of amides is 4. The van der Waals surface area contributed by atoms with Crippen LogP contribution < -0.4 is 15.5 Å². The van der Waals surface area contributed by atoms with Crippen molar-refractivity contribution in [1.29, 1.82) is 0 Å². The van der Waals surface area contributed by atoms with Crippen LogP contribution in [0.2, 0.25) is 0 Å². The van der Waals surface area contributed by atoms with Crippen molar-refractivity contribution in [3.63, 3.8) is 0 Å². The zero-order chi connectivity index (χ0) is 19.1. The summed E-state index contributed by atoms with van der Waals surface area (Å²) in [6, 6.07) is 1.36. The number of halogens is 2. The molecule has 0 bridgehead atoms. The number of benzene rings is 1. The quantitative estimate of drug-likeness (QED) is 0.797. The van der Waals surface area contributed by atoms with Crippen LogP contribution >= 0.6 is 0 Å². The third-order valence-electron chi connectivity index (χ3n) is 4.75. The summed E-state index contributed by atoms with van der Waals surface area (Å²) in [5, 5.41) is 4.99. The fourth-order valence-electron chi connectivity index (χ4n) is 3.55. The molecule has 1 heterocycles. The van der Waals surface area contributed by atoms with Crippen molar-refractivity contribution in [2.75, 3.05) is 30.9 Å². The maximum Gasteiger partial charge on any atom is 0.325 e. The monoisotopic (exact) mass is 366 g/mol. The Balaban J connectivity index is 1.70. The predicted molar refractivity (Wildman–Crippen MR) is 90.8 cm³/mol. The van der Waals surface area contributed by atoms with Crippen LogP contribution in [0.4, 0.5) is 25.0 Å². The first-order chi connectivity index (χ1) is 12.2. The van der Waals surface area contributed by atoms with Crippen molar-refractivity contribution in [2.45, 2.75) is 31.2 Å². The van der Waals surface area contributed by atoms with Gasteiger partial charge in [0.05, 0.1) is 0 Å². The number of carbonyl (C=O) groups is 3. The Labute approximate surface area is 149 Å². The minimum Gasteiger partial charge on any atom is -0.373 e. The summed E-state index contributed by atoms with van der Waals surface area (Å²) in [6.45, 7) is -0.509. The fraction of sp³-hybridized carbons (Fsp3) is 0.471. The summed E-state index contributed by atoms with van der Waals surface area (Å²) >= 11 is 0. The molecule has 0 radical (unpaired) electrons. The molecule has 1 aliphatic carbocycles. The van der Waals surface area contributed by atoms with Gasteiger partial charge in [-0.3, -0.25) is 14.5 Å². The predicted octanol–water partition coefficient (Wildman–Crippen LogP) is 1.83. The molecule has 1 aromatic rings. The maximum atomic E-state index is 14.0. The zero-order valence-electron chi connectivity index (χ0n) is 14.6. The van der Waals surface area contributed by atoms with Gasteiger partial charge in [-0.25, -0.2) is 13.6 Å². The van der Waals surface area contributed by atoms with Crippen molar-refractivity contribution in [1.82, 2.24) is 10.2 Å². The second-order valence-electron chi connectivity index (χ2n) is 6.84. The Morgan fingerprint density at radius 1 is 1.23 bits per heavy atom. The average Bonchev–Trinajstić information content (AvgIpc) is 3.07. The lowest BCUT2D eigenvalue weighted by molar-refractivity contribution is -0.133. The van der Waals surface area contributed by atoms with Gasteiger partial charge in [-0.2, -0.15) is 0 Å². The molecule has 0 aromatic heterocycles. The van der Waals surface area contributed by atoms with E-state index in [9.17, 15) is 23.2 Å².